The summed E-state index contributed by atoms with van der Waals surface area (Å²) in [6.45, 7) is 4.87. The second-order valence-electron chi connectivity index (χ2n) is 7.24. The van der Waals surface area contributed by atoms with Crippen LogP contribution in [0.3, 0.4) is 0 Å². The molecule has 0 bridgehead atoms. The maximum atomic E-state index is 5.32. The summed E-state index contributed by atoms with van der Waals surface area (Å²) >= 11 is 0. The van der Waals surface area contributed by atoms with Crippen LogP contribution >= 0.6 is 0 Å². The fourth-order valence-electron chi connectivity index (χ4n) is 3.66. The summed E-state index contributed by atoms with van der Waals surface area (Å²) in [7, 11) is 1.82. The lowest BCUT2D eigenvalue weighted by atomic mass is 9.93. The van der Waals surface area contributed by atoms with Crippen molar-refractivity contribution in [2.45, 2.75) is 25.8 Å². The van der Waals surface area contributed by atoms with Crippen LogP contribution < -0.4 is 5.32 Å². The summed E-state index contributed by atoms with van der Waals surface area (Å²) in [5.41, 5.74) is 0.683. The molecule has 0 saturated carbocycles. The molecule has 4 rings (SSSR count). The van der Waals surface area contributed by atoms with E-state index in [2.05, 4.69) is 46.8 Å². The van der Waals surface area contributed by atoms with Crippen LogP contribution in [0.15, 0.2) is 52.6 Å². The van der Waals surface area contributed by atoms with Crippen molar-refractivity contribution in [1.82, 2.24) is 34.9 Å². The molecule has 9 heteroatoms. The number of piperidine rings is 1. The van der Waals surface area contributed by atoms with Crippen LogP contribution in [0, 0.1) is 5.92 Å². The van der Waals surface area contributed by atoms with Crippen molar-refractivity contribution < 1.29 is 4.52 Å². The minimum atomic E-state index is 0.392. The lowest BCUT2D eigenvalue weighted by Crippen LogP contribution is -2.49. The Hall–Kier alpha value is -3.23. The lowest BCUT2D eigenvalue weighted by Gasteiger charge is -2.39. The molecule has 4 heterocycles. The van der Waals surface area contributed by atoms with Gasteiger partial charge in [-0.3, -0.25) is 9.98 Å². The normalized spacial score (nSPS) is 20.1. The number of imidazole rings is 1. The topological polar surface area (TPSA) is 97.3 Å². The number of aliphatic imine (C=N–C) groups is 1. The van der Waals surface area contributed by atoms with E-state index >= 15 is 0 Å². The van der Waals surface area contributed by atoms with E-state index in [1.807, 2.05) is 44.0 Å². The van der Waals surface area contributed by atoms with Gasteiger partial charge in [0.05, 0.1) is 12.4 Å². The van der Waals surface area contributed by atoms with Gasteiger partial charge in [0, 0.05) is 51.7 Å². The molecule has 0 aromatic carbocycles. The zero-order valence-corrected chi connectivity index (χ0v) is 16.8. The van der Waals surface area contributed by atoms with Crippen LogP contribution in [0.2, 0.25) is 0 Å². The molecule has 3 aromatic heterocycles. The molecule has 1 N–H and O–H groups in total. The molecule has 2 unspecified atom stereocenters. The van der Waals surface area contributed by atoms with E-state index in [0.717, 1.165) is 25.5 Å². The first-order valence-corrected chi connectivity index (χ1v) is 9.91. The summed E-state index contributed by atoms with van der Waals surface area (Å²) < 4.78 is 7.51. The number of rotatable bonds is 5. The maximum absolute atomic E-state index is 5.32. The van der Waals surface area contributed by atoms with E-state index in [1.54, 1.807) is 6.20 Å². The first kappa shape index (κ1) is 19.1. The Kier molecular flexibility index (Phi) is 5.83. The van der Waals surface area contributed by atoms with E-state index < -0.39 is 0 Å². The third-order valence-electron chi connectivity index (χ3n) is 5.32. The molecule has 0 spiro atoms. The van der Waals surface area contributed by atoms with Crippen LogP contribution in [0.4, 0.5) is 0 Å². The monoisotopic (exact) mass is 394 g/mol. The molecule has 2 atom stereocenters. The number of hydrogen-bond acceptors (Lipinski definition) is 6. The van der Waals surface area contributed by atoms with Gasteiger partial charge in [0.25, 0.3) is 5.89 Å². The summed E-state index contributed by atoms with van der Waals surface area (Å²) in [4.78, 5) is 19.6. The summed E-state index contributed by atoms with van der Waals surface area (Å²) in [5.74, 6) is 2.59. The summed E-state index contributed by atoms with van der Waals surface area (Å²) in [6, 6.07) is 6.00. The maximum Gasteiger partial charge on any atom is 0.276 e. The van der Waals surface area contributed by atoms with Crippen molar-refractivity contribution in [3.05, 3.63) is 48.9 Å². The second kappa shape index (κ2) is 8.85. The van der Waals surface area contributed by atoms with Crippen LogP contribution in [0.5, 0.6) is 0 Å². The van der Waals surface area contributed by atoms with Crippen LogP contribution in [-0.2, 0) is 6.42 Å². The summed E-state index contributed by atoms with van der Waals surface area (Å²) in [5, 5.41) is 7.48. The molecule has 1 aliphatic heterocycles. The fourth-order valence-corrected chi connectivity index (χ4v) is 3.66. The Morgan fingerprint density at radius 2 is 2.28 bits per heavy atom. The number of nitrogens with one attached hydrogen (secondary N) is 1. The van der Waals surface area contributed by atoms with Gasteiger partial charge in [-0.05, 0) is 24.5 Å². The molecule has 3 aromatic rings. The van der Waals surface area contributed by atoms with Gasteiger partial charge in [0.1, 0.15) is 5.69 Å². The van der Waals surface area contributed by atoms with Crippen LogP contribution in [-0.4, -0.2) is 62.2 Å². The lowest BCUT2D eigenvalue weighted by molar-refractivity contribution is 0.189. The first-order chi connectivity index (χ1) is 14.2. The van der Waals surface area contributed by atoms with E-state index in [9.17, 15) is 0 Å². The predicted molar refractivity (Wildman–Crippen MR) is 109 cm³/mol. The Morgan fingerprint density at radius 1 is 1.34 bits per heavy atom. The third kappa shape index (κ3) is 4.44. The van der Waals surface area contributed by atoms with E-state index in [0.29, 0.717) is 42.3 Å². The van der Waals surface area contributed by atoms with Gasteiger partial charge >= 0.3 is 0 Å². The Bertz CT molecular complexity index is 921. The van der Waals surface area contributed by atoms with E-state index in [1.165, 1.54) is 0 Å². The molecule has 0 radical (unpaired) electrons. The molecule has 29 heavy (non-hydrogen) atoms. The average Bonchev–Trinajstić information content (AvgIpc) is 3.45. The first-order valence-electron chi connectivity index (χ1n) is 9.91. The van der Waals surface area contributed by atoms with Gasteiger partial charge in [0.15, 0.2) is 11.8 Å². The highest BCUT2D eigenvalue weighted by Crippen LogP contribution is 2.27. The van der Waals surface area contributed by atoms with Crippen LogP contribution in [0.25, 0.3) is 11.6 Å². The standard InChI is InChI=1S/C20H26N8O/c1-15-7-11-27(13-17(15)28-12-10-22-14-28)20(21-2)24-9-6-18-25-19(29-26-18)16-5-3-4-8-23-16/h3-5,8,10,12,14-15,17H,6-7,9,11,13H2,1-2H3,(H,21,24). The number of guanidine groups is 1. The SMILES string of the molecule is CN=C(NCCc1noc(-c2ccccn2)n1)N1CCC(C)C(n2ccnc2)C1. The molecule has 0 aliphatic carbocycles. The smallest absolute Gasteiger partial charge is 0.276 e. The highest BCUT2D eigenvalue weighted by Gasteiger charge is 2.28. The molecule has 1 fully saturated rings. The van der Waals surface area contributed by atoms with Crippen molar-refractivity contribution in [2.75, 3.05) is 26.7 Å². The summed E-state index contributed by atoms with van der Waals surface area (Å²) in [6.07, 6.45) is 9.24. The Balaban J connectivity index is 1.32. The molecule has 1 saturated heterocycles. The van der Waals surface area contributed by atoms with Crippen molar-refractivity contribution in [3.8, 4) is 11.6 Å². The third-order valence-corrected chi connectivity index (χ3v) is 5.32. The van der Waals surface area contributed by atoms with Gasteiger partial charge < -0.3 is 19.3 Å². The predicted octanol–water partition coefficient (Wildman–Crippen LogP) is 2.03. The molecule has 0 amide bonds. The fraction of sp³-hybridized carbons (Fsp3) is 0.450. The van der Waals surface area contributed by atoms with Crippen molar-refractivity contribution in [1.29, 1.82) is 0 Å². The van der Waals surface area contributed by atoms with Crippen molar-refractivity contribution >= 4 is 5.96 Å². The molecular weight excluding hydrogens is 368 g/mol. The van der Waals surface area contributed by atoms with Crippen molar-refractivity contribution in [3.63, 3.8) is 0 Å². The minimum absolute atomic E-state index is 0.392. The number of nitrogens with zero attached hydrogens (tertiary/aromatic N) is 7. The minimum Gasteiger partial charge on any atom is -0.356 e. The van der Waals surface area contributed by atoms with E-state index in [-0.39, 0.29) is 0 Å². The Labute approximate surface area is 169 Å². The van der Waals surface area contributed by atoms with Gasteiger partial charge in [-0.1, -0.05) is 18.1 Å². The largest absolute Gasteiger partial charge is 0.356 e. The van der Waals surface area contributed by atoms with E-state index in [4.69, 9.17) is 4.52 Å². The van der Waals surface area contributed by atoms with Gasteiger partial charge in [0.2, 0.25) is 0 Å². The highest BCUT2D eigenvalue weighted by molar-refractivity contribution is 5.80. The van der Waals surface area contributed by atoms with Gasteiger partial charge in [-0.25, -0.2) is 4.98 Å². The number of pyridine rings is 1. The zero-order valence-electron chi connectivity index (χ0n) is 16.8. The number of aromatic nitrogens is 5. The highest BCUT2D eigenvalue weighted by atomic mass is 16.5. The van der Waals surface area contributed by atoms with Gasteiger partial charge in [-0.2, -0.15) is 4.98 Å². The molecule has 152 valence electrons. The second-order valence-corrected chi connectivity index (χ2v) is 7.24. The van der Waals surface area contributed by atoms with Crippen LogP contribution in [0.1, 0.15) is 25.2 Å². The van der Waals surface area contributed by atoms with Gasteiger partial charge in [-0.15, -0.1) is 0 Å². The Morgan fingerprint density at radius 3 is 3.03 bits per heavy atom. The van der Waals surface area contributed by atoms with Crippen molar-refractivity contribution in [2.24, 2.45) is 10.9 Å². The molecule has 9 nitrogen and oxygen atoms in total. The number of hydrogen-bond donors (Lipinski definition) is 1. The average molecular weight is 394 g/mol. The number of likely N-dealkylation sites (tertiary alicyclic amines) is 1. The molecular formula is C20H26N8O. The quantitative estimate of drug-likeness (QED) is 0.522. The zero-order chi connectivity index (χ0) is 20.1. The molecule has 1 aliphatic rings.